The van der Waals surface area contributed by atoms with Gasteiger partial charge >= 0.3 is 5.97 Å². The van der Waals surface area contributed by atoms with Gasteiger partial charge in [0.25, 0.3) is 0 Å². The van der Waals surface area contributed by atoms with Crippen molar-refractivity contribution >= 4 is 5.97 Å². The van der Waals surface area contributed by atoms with Crippen LogP contribution in [0.5, 0.6) is 17.2 Å². The van der Waals surface area contributed by atoms with E-state index in [-0.39, 0.29) is 35.0 Å². The zero-order valence-electron chi connectivity index (χ0n) is 19.7. The van der Waals surface area contributed by atoms with Crippen molar-refractivity contribution in [2.45, 2.75) is 32.1 Å². The molecule has 3 aromatic rings. The Labute approximate surface area is 203 Å². The number of nitrogens with two attached hydrogens (primary N) is 1. The maximum Gasteiger partial charge on any atom is 0.349 e. The topological polar surface area (TPSA) is 94.6 Å². The molecule has 178 valence electrons. The Bertz CT molecular complexity index is 1330. The normalized spacial score (nSPS) is 15.0. The van der Waals surface area contributed by atoms with E-state index < -0.39 is 17.7 Å². The molecule has 0 spiro atoms. The smallest absolute Gasteiger partial charge is 0.349 e. The number of rotatable bonds is 5. The summed E-state index contributed by atoms with van der Waals surface area (Å²) < 4.78 is 31.1. The van der Waals surface area contributed by atoms with Crippen LogP contribution in [0.2, 0.25) is 0 Å². The molecule has 0 radical (unpaired) electrons. The van der Waals surface area contributed by atoms with Gasteiger partial charge < -0.3 is 19.9 Å². The van der Waals surface area contributed by atoms with Crippen LogP contribution in [0, 0.1) is 17.1 Å². The van der Waals surface area contributed by atoms with Crippen LogP contribution in [0.3, 0.4) is 0 Å². The van der Waals surface area contributed by atoms with E-state index in [0.29, 0.717) is 16.9 Å². The number of benzene rings is 3. The SMILES string of the molecule is CC(C)(C)c1ccc(OCC(=O)Oc2ccc3c(c2)OC(N)=C(C#N)C3c2ccccc2F)cc1. The summed E-state index contributed by atoms with van der Waals surface area (Å²) in [5, 5.41) is 9.62. The van der Waals surface area contributed by atoms with Crippen molar-refractivity contribution in [2.75, 3.05) is 6.61 Å². The second-order valence-electron chi connectivity index (χ2n) is 9.18. The molecule has 35 heavy (non-hydrogen) atoms. The molecule has 0 saturated carbocycles. The van der Waals surface area contributed by atoms with Crippen LogP contribution in [0.25, 0.3) is 0 Å². The molecule has 0 aromatic heterocycles. The number of fused-ring (bicyclic) bond motifs is 1. The van der Waals surface area contributed by atoms with Crippen molar-refractivity contribution in [3.8, 4) is 23.3 Å². The summed E-state index contributed by atoms with van der Waals surface area (Å²) in [5.41, 5.74) is 8.09. The molecule has 7 heteroatoms. The van der Waals surface area contributed by atoms with Gasteiger partial charge in [-0.3, -0.25) is 0 Å². The number of nitriles is 1. The second kappa shape index (κ2) is 9.51. The van der Waals surface area contributed by atoms with Crippen LogP contribution in [0.4, 0.5) is 4.39 Å². The third-order valence-corrected chi connectivity index (χ3v) is 5.72. The molecule has 2 N–H and O–H groups in total. The van der Waals surface area contributed by atoms with Crippen LogP contribution in [0.1, 0.15) is 43.4 Å². The van der Waals surface area contributed by atoms with E-state index in [1.165, 1.54) is 12.1 Å². The Morgan fingerprint density at radius 1 is 1.06 bits per heavy atom. The van der Waals surface area contributed by atoms with Gasteiger partial charge in [-0.05, 0) is 35.2 Å². The quantitative estimate of drug-likeness (QED) is 0.399. The van der Waals surface area contributed by atoms with Crippen LogP contribution in [0.15, 0.2) is 78.2 Å². The Balaban J connectivity index is 1.49. The lowest BCUT2D eigenvalue weighted by atomic mass is 9.83. The minimum atomic E-state index is -0.742. The van der Waals surface area contributed by atoms with E-state index in [2.05, 4.69) is 20.8 Å². The Kier molecular flexibility index (Phi) is 6.48. The van der Waals surface area contributed by atoms with Gasteiger partial charge in [-0.1, -0.05) is 57.2 Å². The molecule has 1 heterocycles. The van der Waals surface area contributed by atoms with Gasteiger partial charge in [0.2, 0.25) is 5.88 Å². The molecule has 1 unspecified atom stereocenters. The first-order chi connectivity index (χ1) is 16.7. The summed E-state index contributed by atoms with van der Waals surface area (Å²) in [6, 6.07) is 20.4. The van der Waals surface area contributed by atoms with Crippen LogP contribution < -0.4 is 19.9 Å². The third-order valence-electron chi connectivity index (χ3n) is 5.72. The first kappa shape index (κ1) is 23.8. The van der Waals surface area contributed by atoms with Crippen molar-refractivity contribution in [3.05, 3.63) is 101 Å². The van der Waals surface area contributed by atoms with E-state index >= 15 is 0 Å². The van der Waals surface area contributed by atoms with E-state index in [0.717, 1.165) is 5.56 Å². The zero-order valence-corrected chi connectivity index (χ0v) is 19.7. The van der Waals surface area contributed by atoms with Crippen molar-refractivity contribution in [1.82, 2.24) is 0 Å². The molecule has 0 saturated heterocycles. The first-order valence-corrected chi connectivity index (χ1v) is 11.1. The van der Waals surface area contributed by atoms with Gasteiger partial charge in [-0.25, -0.2) is 9.18 Å². The maximum absolute atomic E-state index is 14.6. The summed E-state index contributed by atoms with van der Waals surface area (Å²) in [7, 11) is 0. The largest absolute Gasteiger partial charge is 0.482 e. The number of carbonyl (C=O) groups excluding carboxylic acids is 1. The van der Waals surface area contributed by atoms with Gasteiger partial charge in [0.05, 0.1) is 5.92 Å². The number of ether oxygens (including phenoxy) is 3. The van der Waals surface area contributed by atoms with E-state index in [4.69, 9.17) is 19.9 Å². The van der Waals surface area contributed by atoms with Crippen molar-refractivity contribution in [1.29, 1.82) is 5.26 Å². The molecule has 0 aliphatic carbocycles. The molecule has 0 fully saturated rings. The summed E-state index contributed by atoms with van der Waals surface area (Å²) in [6.45, 7) is 6.06. The molecule has 0 amide bonds. The van der Waals surface area contributed by atoms with Gasteiger partial charge in [-0.2, -0.15) is 5.26 Å². The van der Waals surface area contributed by atoms with Crippen molar-refractivity contribution < 1.29 is 23.4 Å². The van der Waals surface area contributed by atoms with E-state index in [9.17, 15) is 14.4 Å². The van der Waals surface area contributed by atoms with Crippen LogP contribution >= 0.6 is 0 Å². The Morgan fingerprint density at radius 3 is 2.40 bits per heavy atom. The second-order valence-corrected chi connectivity index (χ2v) is 9.18. The van der Waals surface area contributed by atoms with Gasteiger partial charge in [-0.15, -0.1) is 0 Å². The number of halogens is 1. The molecule has 1 atom stereocenters. The highest BCUT2D eigenvalue weighted by Gasteiger charge is 2.32. The molecular weight excluding hydrogens is 447 g/mol. The third kappa shape index (κ3) is 5.12. The summed E-state index contributed by atoms with van der Waals surface area (Å²) in [4.78, 5) is 12.4. The highest BCUT2D eigenvalue weighted by Crippen LogP contribution is 2.44. The highest BCUT2D eigenvalue weighted by atomic mass is 19.1. The summed E-state index contributed by atoms with van der Waals surface area (Å²) >= 11 is 0. The Hall–Kier alpha value is -4.31. The lowest BCUT2D eigenvalue weighted by molar-refractivity contribution is -0.136. The molecular formula is C28H25FN2O4. The molecule has 1 aliphatic heterocycles. The number of esters is 1. The molecule has 6 nitrogen and oxygen atoms in total. The maximum atomic E-state index is 14.6. The van der Waals surface area contributed by atoms with E-state index in [1.807, 2.05) is 30.3 Å². The predicted molar refractivity (Wildman–Crippen MR) is 128 cm³/mol. The fourth-order valence-corrected chi connectivity index (χ4v) is 3.88. The number of allylic oxidation sites excluding steroid dienone is 1. The zero-order chi connectivity index (χ0) is 25.2. The van der Waals surface area contributed by atoms with Gasteiger partial charge in [0, 0.05) is 17.2 Å². The van der Waals surface area contributed by atoms with Crippen molar-refractivity contribution in [2.24, 2.45) is 5.73 Å². The number of hydrogen-bond acceptors (Lipinski definition) is 6. The summed E-state index contributed by atoms with van der Waals surface area (Å²) in [5.74, 6) is -0.896. The lowest BCUT2D eigenvalue weighted by Crippen LogP contribution is -2.22. The fourth-order valence-electron chi connectivity index (χ4n) is 3.88. The van der Waals surface area contributed by atoms with Crippen LogP contribution in [-0.4, -0.2) is 12.6 Å². The average molecular weight is 473 g/mol. The van der Waals surface area contributed by atoms with Crippen LogP contribution in [-0.2, 0) is 10.2 Å². The van der Waals surface area contributed by atoms with Gasteiger partial charge in [0.1, 0.15) is 34.7 Å². The molecule has 3 aromatic carbocycles. The highest BCUT2D eigenvalue weighted by molar-refractivity contribution is 5.74. The molecule has 1 aliphatic rings. The minimum Gasteiger partial charge on any atom is -0.482 e. The average Bonchev–Trinajstić information content (AvgIpc) is 2.82. The predicted octanol–water partition coefficient (Wildman–Crippen LogP) is 5.33. The van der Waals surface area contributed by atoms with E-state index in [1.54, 1.807) is 30.3 Å². The standard InChI is InChI=1S/C28H25FN2O4/c1-28(2,3)17-8-10-18(11-9-17)33-16-25(32)34-19-12-13-21-24(14-19)35-27(31)22(15-30)26(21)20-6-4-5-7-23(20)29/h4-14,26H,16,31H2,1-3H3. The fraction of sp³-hybridized carbons (Fsp3) is 0.214. The molecule has 4 rings (SSSR count). The van der Waals surface area contributed by atoms with Crippen molar-refractivity contribution in [3.63, 3.8) is 0 Å². The number of carbonyl (C=O) groups is 1. The number of nitrogens with zero attached hydrogens (tertiary/aromatic N) is 1. The monoisotopic (exact) mass is 472 g/mol. The number of hydrogen-bond donors (Lipinski definition) is 1. The molecule has 0 bridgehead atoms. The minimum absolute atomic E-state index is 0.0177. The summed E-state index contributed by atoms with van der Waals surface area (Å²) in [6.07, 6.45) is 0. The first-order valence-electron chi connectivity index (χ1n) is 11.1. The lowest BCUT2D eigenvalue weighted by Gasteiger charge is -2.27. The Morgan fingerprint density at radius 2 is 1.74 bits per heavy atom. The van der Waals surface area contributed by atoms with Gasteiger partial charge in [0.15, 0.2) is 6.61 Å².